The van der Waals surface area contributed by atoms with Gasteiger partial charge in [-0.05, 0) is 57.6 Å². The van der Waals surface area contributed by atoms with Crippen molar-refractivity contribution in [2.24, 2.45) is 0 Å². The molecule has 1 aromatic carbocycles. The fraction of sp³-hybridized carbons (Fsp3) is 0.562. The molecule has 0 fully saturated rings. The van der Waals surface area contributed by atoms with Gasteiger partial charge in [-0.1, -0.05) is 24.3 Å². The Labute approximate surface area is 120 Å². The quantitative estimate of drug-likeness (QED) is 0.645. The lowest BCUT2D eigenvalue weighted by molar-refractivity contribution is 0.0486. The molecule has 2 rings (SSSR count). The van der Waals surface area contributed by atoms with E-state index in [9.17, 15) is 4.79 Å². The summed E-state index contributed by atoms with van der Waals surface area (Å²) in [6, 6.07) is 8.85. The maximum absolute atomic E-state index is 11.6. The van der Waals surface area contributed by atoms with E-state index in [1.807, 2.05) is 20.8 Å². The van der Waals surface area contributed by atoms with E-state index in [2.05, 4.69) is 35.1 Å². The number of carbonyl (C=O) groups excluding carboxylic acids is 1. The number of hydrogen-bond donors (Lipinski definition) is 2. The molecule has 0 heterocycles. The lowest BCUT2D eigenvalue weighted by Crippen LogP contribution is -2.46. The summed E-state index contributed by atoms with van der Waals surface area (Å²) in [4.78, 5) is 11.6. The second kappa shape index (κ2) is 6.27. The molecule has 1 aliphatic carbocycles. The van der Waals surface area contributed by atoms with Gasteiger partial charge in [0.2, 0.25) is 0 Å². The number of ether oxygens (including phenoxy) is 1. The third-order valence-electron chi connectivity index (χ3n) is 3.42. The average molecular weight is 276 g/mol. The van der Waals surface area contributed by atoms with Gasteiger partial charge in [-0.2, -0.15) is 0 Å². The Hall–Kier alpha value is -1.55. The minimum absolute atomic E-state index is 0.287. The van der Waals surface area contributed by atoms with Crippen LogP contribution in [-0.4, -0.2) is 17.7 Å². The average Bonchev–Trinajstić information content (AvgIpc) is 2.57. The molecule has 0 aliphatic heterocycles. The van der Waals surface area contributed by atoms with Crippen LogP contribution in [0.25, 0.3) is 0 Å². The van der Waals surface area contributed by atoms with Crippen molar-refractivity contribution in [3.63, 3.8) is 0 Å². The molecule has 0 aromatic heterocycles. The molecule has 0 saturated carbocycles. The van der Waals surface area contributed by atoms with Crippen LogP contribution < -0.4 is 10.9 Å². The van der Waals surface area contributed by atoms with Crippen molar-refractivity contribution in [3.8, 4) is 0 Å². The van der Waals surface area contributed by atoms with E-state index in [4.69, 9.17) is 4.74 Å². The van der Waals surface area contributed by atoms with E-state index in [0.29, 0.717) is 0 Å². The molecule has 2 N–H and O–H groups in total. The van der Waals surface area contributed by atoms with E-state index in [1.165, 1.54) is 11.1 Å². The fourth-order valence-electron chi connectivity index (χ4n) is 2.46. The van der Waals surface area contributed by atoms with Crippen LogP contribution in [0.3, 0.4) is 0 Å². The van der Waals surface area contributed by atoms with Crippen LogP contribution in [0.15, 0.2) is 24.3 Å². The Morgan fingerprint density at radius 2 is 1.70 bits per heavy atom. The van der Waals surface area contributed by atoms with Crippen LogP contribution in [0.2, 0.25) is 0 Å². The van der Waals surface area contributed by atoms with E-state index < -0.39 is 11.7 Å². The molecule has 1 aliphatic rings. The van der Waals surface area contributed by atoms with Gasteiger partial charge in [0.05, 0.1) is 0 Å². The van der Waals surface area contributed by atoms with Crippen LogP contribution in [0.4, 0.5) is 4.79 Å². The smallest absolute Gasteiger partial charge is 0.422 e. The number of benzene rings is 1. The molecule has 1 aromatic rings. The molecule has 1 amide bonds. The molecule has 4 heteroatoms. The highest BCUT2D eigenvalue weighted by Gasteiger charge is 2.19. The van der Waals surface area contributed by atoms with Crippen molar-refractivity contribution in [3.05, 3.63) is 35.4 Å². The van der Waals surface area contributed by atoms with Crippen LogP contribution in [0, 0.1) is 0 Å². The zero-order valence-corrected chi connectivity index (χ0v) is 12.5. The summed E-state index contributed by atoms with van der Waals surface area (Å²) < 4.78 is 5.21. The number of hydrogen-bond acceptors (Lipinski definition) is 3. The zero-order valence-electron chi connectivity index (χ0n) is 12.5. The van der Waals surface area contributed by atoms with Crippen LogP contribution in [-0.2, 0) is 17.6 Å². The number of hydrazine groups is 1. The van der Waals surface area contributed by atoms with Gasteiger partial charge >= 0.3 is 6.09 Å². The second-order valence-electron chi connectivity index (χ2n) is 6.31. The number of carbonyl (C=O) groups is 1. The highest BCUT2D eigenvalue weighted by molar-refractivity contribution is 5.67. The molecule has 4 nitrogen and oxygen atoms in total. The van der Waals surface area contributed by atoms with Crippen molar-refractivity contribution in [1.82, 2.24) is 10.9 Å². The molecular formula is C16H24N2O2. The van der Waals surface area contributed by atoms with E-state index in [0.717, 1.165) is 25.7 Å². The van der Waals surface area contributed by atoms with Crippen molar-refractivity contribution >= 4 is 6.09 Å². The highest BCUT2D eigenvalue weighted by atomic mass is 16.6. The molecule has 0 unspecified atom stereocenters. The molecule has 0 saturated heterocycles. The number of aryl methyl sites for hydroxylation is 2. The van der Waals surface area contributed by atoms with Crippen molar-refractivity contribution in [2.75, 3.05) is 0 Å². The SMILES string of the molecule is CC(C)(C)OC(=O)NNC1CCc2ccccc2CC1. The Balaban J connectivity index is 1.80. The number of nitrogens with one attached hydrogen (secondary N) is 2. The molecular weight excluding hydrogens is 252 g/mol. The summed E-state index contributed by atoms with van der Waals surface area (Å²) >= 11 is 0. The summed E-state index contributed by atoms with van der Waals surface area (Å²) in [5.74, 6) is 0. The van der Waals surface area contributed by atoms with Crippen LogP contribution in [0.1, 0.15) is 44.7 Å². The van der Waals surface area contributed by atoms with Crippen LogP contribution in [0.5, 0.6) is 0 Å². The minimum atomic E-state index is -0.467. The van der Waals surface area contributed by atoms with Gasteiger partial charge in [0.1, 0.15) is 5.60 Å². The predicted octanol–water partition coefficient (Wildman–Crippen LogP) is 2.96. The predicted molar refractivity (Wildman–Crippen MR) is 79.4 cm³/mol. The molecule has 0 atom stereocenters. The zero-order chi connectivity index (χ0) is 14.6. The normalized spacial score (nSPS) is 16.1. The van der Waals surface area contributed by atoms with Gasteiger partial charge < -0.3 is 4.74 Å². The Kier molecular flexibility index (Phi) is 4.65. The maximum atomic E-state index is 11.6. The standard InChI is InChI=1S/C16H24N2O2/c1-16(2,3)20-15(19)18-17-14-10-8-12-6-4-5-7-13(12)9-11-14/h4-7,14,17H,8-11H2,1-3H3,(H,18,19). The first-order chi connectivity index (χ1) is 9.44. The first-order valence-electron chi connectivity index (χ1n) is 7.25. The molecule has 0 radical (unpaired) electrons. The third kappa shape index (κ3) is 4.53. The summed E-state index contributed by atoms with van der Waals surface area (Å²) in [6.07, 6.45) is 3.71. The molecule has 0 spiro atoms. The summed E-state index contributed by atoms with van der Waals surface area (Å²) in [5.41, 5.74) is 8.13. The number of fused-ring (bicyclic) bond motifs is 1. The molecule has 0 bridgehead atoms. The lowest BCUT2D eigenvalue weighted by atomic mass is 10.0. The van der Waals surface area contributed by atoms with Gasteiger partial charge in [-0.15, -0.1) is 0 Å². The molecule has 20 heavy (non-hydrogen) atoms. The minimum Gasteiger partial charge on any atom is -0.443 e. The lowest BCUT2D eigenvalue weighted by Gasteiger charge is -2.22. The van der Waals surface area contributed by atoms with Gasteiger partial charge in [0.15, 0.2) is 0 Å². The molecule has 110 valence electrons. The van der Waals surface area contributed by atoms with E-state index in [-0.39, 0.29) is 6.04 Å². The van der Waals surface area contributed by atoms with Crippen LogP contribution >= 0.6 is 0 Å². The van der Waals surface area contributed by atoms with Crippen molar-refractivity contribution < 1.29 is 9.53 Å². The van der Waals surface area contributed by atoms with Gasteiger partial charge in [0.25, 0.3) is 0 Å². The van der Waals surface area contributed by atoms with Crippen molar-refractivity contribution in [2.45, 2.75) is 58.1 Å². The highest BCUT2D eigenvalue weighted by Crippen LogP contribution is 2.20. The number of amides is 1. The van der Waals surface area contributed by atoms with Crippen molar-refractivity contribution in [1.29, 1.82) is 0 Å². The Morgan fingerprint density at radius 3 is 2.20 bits per heavy atom. The Morgan fingerprint density at radius 1 is 1.15 bits per heavy atom. The van der Waals surface area contributed by atoms with Gasteiger partial charge in [-0.3, -0.25) is 5.43 Å². The third-order valence-corrected chi connectivity index (χ3v) is 3.42. The number of rotatable bonds is 2. The van der Waals surface area contributed by atoms with Gasteiger partial charge in [-0.25, -0.2) is 10.2 Å². The van der Waals surface area contributed by atoms with E-state index in [1.54, 1.807) is 0 Å². The first kappa shape index (κ1) is 14.9. The topological polar surface area (TPSA) is 50.4 Å². The fourth-order valence-corrected chi connectivity index (χ4v) is 2.46. The first-order valence-corrected chi connectivity index (χ1v) is 7.25. The second-order valence-corrected chi connectivity index (χ2v) is 6.31. The van der Waals surface area contributed by atoms with E-state index >= 15 is 0 Å². The summed E-state index contributed by atoms with van der Waals surface area (Å²) in [6.45, 7) is 5.57. The summed E-state index contributed by atoms with van der Waals surface area (Å²) in [5, 5.41) is 0. The largest absolute Gasteiger partial charge is 0.443 e. The monoisotopic (exact) mass is 276 g/mol. The van der Waals surface area contributed by atoms with Gasteiger partial charge in [0, 0.05) is 6.04 Å². The summed E-state index contributed by atoms with van der Waals surface area (Å²) in [7, 11) is 0. The Bertz CT molecular complexity index is 439. The maximum Gasteiger partial charge on any atom is 0.422 e.